The van der Waals surface area contributed by atoms with E-state index in [2.05, 4.69) is 23.6 Å². The van der Waals surface area contributed by atoms with Crippen LogP contribution in [0.3, 0.4) is 0 Å². The lowest BCUT2D eigenvalue weighted by atomic mass is 9.81. The van der Waals surface area contributed by atoms with Gasteiger partial charge in [0.15, 0.2) is 0 Å². The van der Waals surface area contributed by atoms with Gasteiger partial charge >= 0.3 is 18.2 Å². The molecule has 2 heterocycles. The Hall–Kier alpha value is -2.82. The van der Waals surface area contributed by atoms with Gasteiger partial charge in [-0.2, -0.15) is 22.7 Å². The average Bonchev–Trinajstić information content (AvgIpc) is 3.13. The molecule has 4 rings (SSSR count). The molecule has 1 saturated carbocycles. The number of piperazine rings is 1. The lowest BCUT2D eigenvalue weighted by Gasteiger charge is -2.44. The van der Waals surface area contributed by atoms with Crippen LogP contribution >= 0.6 is 11.9 Å². The smallest absolute Gasteiger partial charge is 0.417 e. The van der Waals surface area contributed by atoms with Crippen molar-refractivity contribution in [2.75, 3.05) is 33.3 Å². The Morgan fingerprint density at radius 2 is 1.75 bits per heavy atom. The Labute approximate surface area is 261 Å². The normalized spacial score (nSPS) is 26.6. The lowest BCUT2D eigenvalue weighted by molar-refractivity contribution is -0.144. The molecule has 2 saturated heterocycles. The van der Waals surface area contributed by atoms with Gasteiger partial charge in [0.1, 0.15) is 5.54 Å². The summed E-state index contributed by atoms with van der Waals surface area (Å²) < 4.78 is 46.2. The molecule has 0 radical (unpaired) electrons. The molecule has 0 aromatic heterocycles. The molecule has 44 heavy (non-hydrogen) atoms. The van der Waals surface area contributed by atoms with E-state index >= 15 is 0 Å². The molecule has 2 aliphatic heterocycles. The van der Waals surface area contributed by atoms with Crippen LogP contribution in [0, 0.1) is 17.2 Å². The number of carbonyl (C=O) groups is 3. The minimum atomic E-state index is -4.73. The van der Waals surface area contributed by atoms with Gasteiger partial charge in [0.25, 0.3) is 5.91 Å². The number of urea groups is 1. The van der Waals surface area contributed by atoms with Gasteiger partial charge in [-0.1, -0.05) is 0 Å². The van der Waals surface area contributed by atoms with E-state index in [1.807, 2.05) is 0 Å². The minimum Gasteiger partial charge on any atom is -0.468 e. The summed E-state index contributed by atoms with van der Waals surface area (Å²) in [6.45, 7) is 10.8. The molecule has 0 N–H and O–H groups in total. The van der Waals surface area contributed by atoms with E-state index in [9.17, 15) is 27.6 Å². The van der Waals surface area contributed by atoms with Gasteiger partial charge in [0.2, 0.25) is 0 Å². The summed E-state index contributed by atoms with van der Waals surface area (Å²) in [5.41, 5.74) is -2.73. The second kappa shape index (κ2) is 13.7. The predicted octanol–water partition coefficient (Wildman–Crippen LogP) is 5.53. The van der Waals surface area contributed by atoms with Crippen LogP contribution in [0.4, 0.5) is 18.0 Å². The number of hydrogen-bond acceptors (Lipinski definition) is 8. The zero-order valence-corrected chi connectivity index (χ0v) is 26.8. The highest BCUT2D eigenvalue weighted by atomic mass is 32.2. The number of esters is 1. The quantitative estimate of drug-likeness (QED) is 0.198. The Balaban J connectivity index is 1.29. The van der Waals surface area contributed by atoms with Crippen molar-refractivity contribution in [3.05, 3.63) is 29.3 Å². The first-order valence-corrected chi connectivity index (χ1v) is 16.0. The number of hydrogen-bond donors (Lipinski definition) is 0. The second-order valence-electron chi connectivity index (χ2n) is 12.7. The highest BCUT2D eigenvalue weighted by Gasteiger charge is 2.54. The fraction of sp³-hybridized carbons (Fsp3) is 0.677. The van der Waals surface area contributed by atoms with Crippen molar-refractivity contribution in [2.24, 2.45) is 5.92 Å². The Bertz CT molecular complexity index is 1270. The maximum Gasteiger partial charge on any atom is 0.417 e. The number of methoxy groups -OCH3 is 1. The third-order valence-electron chi connectivity index (χ3n) is 9.29. The number of nitrogens with zero attached hydrogens (tertiary/aromatic N) is 5. The van der Waals surface area contributed by atoms with Crippen LogP contribution in [-0.4, -0.2) is 93.9 Å². The molecular formula is C31H42F3N5O4S. The van der Waals surface area contributed by atoms with E-state index in [1.54, 1.807) is 24.8 Å². The molecule has 242 valence electrons. The first-order chi connectivity index (χ1) is 20.7. The van der Waals surface area contributed by atoms with Crippen LogP contribution in [0.15, 0.2) is 23.1 Å². The van der Waals surface area contributed by atoms with Crippen molar-refractivity contribution in [1.29, 1.82) is 5.26 Å². The second-order valence-corrected chi connectivity index (χ2v) is 13.8. The summed E-state index contributed by atoms with van der Waals surface area (Å²) in [5.74, 6) is -0.153. The maximum atomic E-state index is 13.5. The van der Waals surface area contributed by atoms with Crippen LogP contribution in [0.5, 0.6) is 0 Å². The molecular weight excluding hydrogens is 595 g/mol. The summed E-state index contributed by atoms with van der Waals surface area (Å²) in [5, 5.41) is 9.07. The van der Waals surface area contributed by atoms with Gasteiger partial charge in [0.05, 0.1) is 30.9 Å². The van der Waals surface area contributed by atoms with Gasteiger partial charge in [-0.3, -0.25) is 14.5 Å². The van der Waals surface area contributed by atoms with Crippen LogP contribution < -0.4 is 0 Å². The molecule has 0 bridgehead atoms. The van der Waals surface area contributed by atoms with Gasteiger partial charge in [0, 0.05) is 36.1 Å². The molecule has 0 unspecified atom stereocenters. The monoisotopic (exact) mass is 637 g/mol. The van der Waals surface area contributed by atoms with Gasteiger partial charge in [-0.25, -0.2) is 4.79 Å². The number of halogens is 3. The largest absolute Gasteiger partial charge is 0.468 e. The molecule has 3 aliphatic rings. The first-order valence-electron chi connectivity index (χ1n) is 15.2. The summed E-state index contributed by atoms with van der Waals surface area (Å²) in [6, 6.07) is 4.63. The summed E-state index contributed by atoms with van der Waals surface area (Å²) in [4.78, 5) is 44.9. The zero-order valence-electron chi connectivity index (χ0n) is 26.0. The first kappa shape index (κ1) is 34.1. The Kier molecular flexibility index (Phi) is 10.6. The summed E-state index contributed by atoms with van der Waals surface area (Å²) in [6.07, 6.45) is 0.820. The number of ether oxygens (including phenoxy) is 1. The van der Waals surface area contributed by atoms with E-state index < -0.39 is 34.8 Å². The molecule has 13 heteroatoms. The van der Waals surface area contributed by atoms with Gasteiger partial charge in [-0.15, -0.1) is 0 Å². The number of nitriles is 1. The van der Waals surface area contributed by atoms with Crippen molar-refractivity contribution in [1.82, 2.24) is 19.0 Å². The highest BCUT2D eigenvalue weighted by Crippen LogP contribution is 2.42. The molecule has 9 nitrogen and oxygen atoms in total. The summed E-state index contributed by atoms with van der Waals surface area (Å²) in [7, 11) is 1.41. The SMILES string of the molecule is COC(=O)CN1[C@H](C)CN(CCCC2CCC(N3C(=O)N(Sc4ccc(C#N)c(C(F)(F)F)c4)C(=O)C3(C)C)CC2)C[C@@H]1C. The number of amides is 3. The fourth-order valence-corrected chi connectivity index (χ4v) is 7.94. The van der Waals surface area contributed by atoms with Crippen molar-refractivity contribution in [2.45, 2.75) is 101 Å². The van der Waals surface area contributed by atoms with E-state index in [0.29, 0.717) is 24.4 Å². The molecule has 1 aliphatic carbocycles. The van der Waals surface area contributed by atoms with Gasteiger partial charge < -0.3 is 14.5 Å². The van der Waals surface area contributed by atoms with Crippen molar-refractivity contribution < 1.29 is 32.3 Å². The standard InChI is InChI=1S/C31H42F3N5O4S/c1-20-17-36(18-21(2)37(20)19-27(40)43-5)14-6-7-22-8-11-24(12-9-22)38-29(42)39(28(41)30(38,3)4)44-25-13-10-23(16-35)26(15-25)31(32,33)34/h10,13,15,20-22,24H,6-9,11-12,14,17-19H2,1-5H3/t20-,21+,22?,24?. The lowest BCUT2D eigenvalue weighted by Crippen LogP contribution is -2.57. The van der Waals surface area contributed by atoms with Crippen LogP contribution in [-0.2, 0) is 20.5 Å². The van der Waals surface area contributed by atoms with Crippen molar-refractivity contribution >= 4 is 29.9 Å². The predicted molar refractivity (Wildman–Crippen MR) is 159 cm³/mol. The molecule has 3 fully saturated rings. The van der Waals surface area contributed by atoms with Crippen LogP contribution in [0.2, 0.25) is 0 Å². The van der Waals surface area contributed by atoms with E-state index in [0.717, 1.165) is 74.6 Å². The highest BCUT2D eigenvalue weighted by molar-refractivity contribution is 7.98. The molecule has 1 aromatic carbocycles. The van der Waals surface area contributed by atoms with Crippen molar-refractivity contribution in [3.8, 4) is 6.07 Å². The fourth-order valence-electron chi connectivity index (χ4n) is 6.96. The topological polar surface area (TPSA) is 97.2 Å². The summed E-state index contributed by atoms with van der Waals surface area (Å²) >= 11 is 0.669. The number of alkyl halides is 3. The van der Waals surface area contributed by atoms with E-state index in [4.69, 9.17) is 10.00 Å². The molecule has 2 atom stereocenters. The van der Waals surface area contributed by atoms with E-state index in [-0.39, 0.29) is 29.0 Å². The minimum absolute atomic E-state index is 0.0630. The van der Waals surface area contributed by atoms with Crippen LogP contribution in [0.25, 0.3) is 0 Å². The third-order valence-corrected chi connectivity index (χ3v) is 10.3. The van der Waals surface area contributed by atoms with Crippen LogP contribution in [0.1, 0.15) is 77.3 Å². The molecule has 1 aromatic rings. The molecule has 3 amide bonds. The van der Waals surface area contributed by atoms with E-state index in [1.165, 1.54) is 13.2 Å². The number of imide groups is 1. The zero-order chi connectivity index (χ0) is 32.4. The molecule has 0 spiro atoms. The number of rotatable bonds is 9. The average molecular weight is 638 g/mol. The number of carbonyl (C=O) groups excluding carboxylic acids is 3. The van der Waals surface area contributed by atoms with Crippen molar-refractivity contribution in [3.63, 3.8) is 0 Å². The Morgan fingerprint density at radius 1 is 1.11 bits per heavy atom. The maximum absolute atomic E-state index is 13.5. The third kappa shape index (κ3) is 7.35. The Morgan fingerprint density at radius 3 is 2.32 bits per heavy atom. The van der Waals surface area contributed by atoms with Gasteiger partial charge in [-0.05, 0) is 109 Å². The number of benzene rings is 1.